The Morgan fingerprint density at radius 3 is 2.57 bits per heavy atom. The largest absolute Gasteiger partial charge is 0.351 e. The van der Waals surface area contributed by atoms with Gasteiger partial charge in [0.25, 0.3) is 0 Å². The van der Waals surface area contributed by atoms with Gasteiger partial charge < -0.3 is 5.32 Å². The number of nitrogens with zero attached hydrogens (tertiary/aromatic N) is 1. The number of benzene rings is 1. The molecule has 1 aromatic rings. The van der Waals surface area contributed by atoms with E-state index < -0.39 is 38.4 Å². The predicted molar refractivity (Wildman–Crippen MR) is 91.5 cm³/mol. The summed E-state index contributed by atoms with van der Waals surface area (Å²) in [5.74, 6) is -0.599. The van der Waals surface area contributed by atoms with Gasteiger partial charge in [0.15, 0.2) is 9.84 Å². The molecule has 0 radical (unpaired) electrons. The molecule has 1 unspecified atom stereocenters. The second kappa shape index (κ2) is 6.78. The van der Waals surface area contributed by atoms with Crippen molar-refractivity contribution in [3.63, 3.8) is 0 Å². The van der Waals surface area contributed by atoms with Gasteiger partial charge in [-0.1, -0.05) is 12.1 Å². The summed E-state index contributed by atoms with van der Waals surface area (Å²) in [5, 5.41) is 2.59. The maximum absolute atomic E-state index is 12.1. The fraction of sp³-hybridized carbons (Fsp3) is 0.462. The van der Waals surface area contributed by atoms with Gasteiger partial charge in [-0.05, 0) is 34.5 Å². The van der Waals surface area contributed by atoms with E-state index in [2.05, 4.69) is 21.2 Å². The summed E-state index contributed by atoms with van der Waals surface area (Å²) in [5.41, 5.74) is 0.351. The molecule has 0 aromatic heterocycles. The summed E-state index contributed by atoms with van der Waals surface area (Å²) in [6.07, 6.45) is 1.36. The Kier molecular flexibility index (Phi) is 5.37. The summed E-state index contributed by atoms with van der Waals surface area (Å²) in [6.45, 7) is -0.405. The van der Waals surface area contributed by atoms with Crippen molar-refractivity contribution in [2.24, 2.45) is 0 Å². The monoisotopic (exact) mass is 424 g/mol. The molecule has 0 bridgehead atoms. The third-order valence-electron chi connectivity index (χ3n) is 3.41. The Labute approximate surface area is 144 Å². The molecular formula is C13H17BrN2O5S2. The minimum absolute atomic E-state index is 0.0397. The van der Waals surface area contributed by atoms with Crippen molar-refractivity contribution in [3.8, 4) is 0 Å². The van der Waals surface area contributed by atoms with Crippen molar-refractivity contribution in [2.45, 2.75) is 12.5 Å². The van der Waals surface area contributed by atoms with Gasteiger partial charge in [-0.15, -0.1) is 0 Å². The highest BCUT2D eigenvalue weighted by Crippen LogP contribution is 2.27. The fourth-order valence-corrected chi connectivity index (χ4v) is 5.51. The molecule has 1 amide bonds. The van der Waals surface area contributed by atoms with Crippen molar-refractivity contribution >= 4 is 47.4 Å². The number of sulfonamides is 1. The van der Waals surface area contributed by atoms with Crippen LogP contribution < -0.4 is 9.62 Å². The zero-order valence-electron chi connectivity index (χ0n) is 12.4. The number of para-hydroxylation sites is 1. The molecule has 1 aliphatic heterocycles. The van der Waals surface area contributed by atoms with Crippen LogP contribution in [0.25, 0.3) is 0 Å². The number of amides is 1. The molecule has 1 aromatic carbocycles. The van der Waals surface area contributed by atoms with E-state index in [1.54, 1.807) is 24.3 Å². The quantitative estimate of drug-likeness (QED) is 0.742. The zero-order valence-corrected chi connectivity index (χ0v) is 15.6. The van der Waals surface area contributed by atoms with Crippen LogP contribution in [0.3, 0.4) is 0 Å². The lowest BCUT2D eigenvalue weighted by molar-refractivity contribution is -0.120. The topological polar surface area (TPSA) is 101 Å². The fourth-order valence-electron chi connectivity index (χ4n) is 2.35. The van der Waals surface area contributed by atoms with E-state index in [0.717, 1.165) is 10.6 Å². The van der Waals surface area contributed by atoms with Crippen LogP contribution in [0.1, 0.15) is 6.42 Å². The Hall–Kier alpha value is -1.13. The molecular weight excluding hydrogens is 408 g/mol. The Bertz CT molecular complexity index is 807. The Morgan fingerprint density at radius 2 is 2.04 bits per heavy atom. The van der Waals surface area contributed by atoms with Crippen molar-refractivity contribution < 1.29 is 21.6 Å². The lowest BCUT2D eigenvalue weighted by Gasteiger charge is -2.23. The number of rotatable bonds is 5. The van der Waals surface area contributed by atoms with Crippen LogP contribution in [0.2, 0.25) is 0 Å². The lowest BCUT2D eigenvalue weighted by atomic mass is 10.2. The van der Waals surface area contributed by atoms with Gasteiger partial charge >= 0.3 is 0 Å². The van der Waals surface area contributed by atoms with Crippen LogP contribution in [-0.4, -0.2) is 53.1 Å². The number of anilines is 1. The smallest absolute Gasteiger partial charge is 0.241 e. The van der Waals surface area contributed by atoms with Gasteiger partial charge in [0.05, 0.1) is 23.4 Å². The predicted octanol–water partition coefficient (Wildman–Crippen LogP) is 0.518. The average Bonchev–Trinajstić information content (AvgIpc) is 2.75. The number of carbonyl (C=O) groups is 1. The molecule has 2 rings (SSSR count). The molecule has 1 aliphatic rings. The minimum atomic E-state index is -3.67. The highest BCUT2D eigenvalue weighted by molar-refractivity contribution is 9.10. The number of nitrogens with one attached hydrogen (secondary N) is 1. The standard InChI is InChI=1S/C13H17BrN2O5S2/c1-22(18,19)16(12-5-3-2-4-11(12)14)8-13(17)15-10-6-7-23(20,21)9-10/h2-5,10H,6-9H2,1H3,(H,15,17). The van der Waals surface area contributed by atoms with Crippen LogP contribution in [-0.2, 0) is 24.7 Å². The molecule has 1 fully saturated rings. The molecule has 0 spiro atoms. The highest BCUT2D eigenvalue weighted by atomic mass is 79.9. The van der Waals surface area contributed by atoms with E-state index in [0.29, 0.717) is 16.6 Å². The van der Waals surface area contributed by atoms with Crippen LogP contribution in [0.4, 0.5) is 5.69 Å². The maximum atomic E-state index is 12.1. The van der Waals surface area contributed by atoms with Gasteiger partial charge in [-0.25, -0.2) is 16.8 Å². The van der Waals surface area contributed by atoms with E-state index in [4.69, 9.17) is 0 Å². The number of hydrogen-bond acceptors (Lipinski definition) is 5. The normalized spacial score (nSPS) is 20.2. The van der Waals surface area contributed by atoms with Crippen molar-refractivity contribution in [3.05, 3.63) is 28.7 Å². The average molecular weight is 425 g/mol. The number of sulfone groups is 1. The molecule has 1 N–H and O–H groups in total. The SMILES string of the molecule is CS(=O)(=O)N(CC(=O)NC1CCS(=O)(=O)C1)c1ccccc1Br. The molecule has 0 saturated carbocycles. The van der Waals surface area contributed by atoms with E-state index in [9.17, 15) is 21.6 Å². The van der Waals surface area contributed by atoms with Gasteiger partial charge in [0, 0.05) is 10.5 Å². The van der Waals surface area contributed by atoms with Crippen LogP contribution in [0.15, 0.2) is 28.7 Å². The maximum Gasteiger partial charge on any atom is 0.241 e. The zero-order chi connectivity index (χ0) is 17.3. The highest BCUT2D eigenvalue weighted by Gasteiger charge is 2.30. The van der Waals surface area contributed by atoms with Gasteiger partial charge in [-0.3, -0.25) is 9.10 Å². The molecule has 128 valence electrons. The number of hydrogen-bond donors (Lipinski definition) is 1. The summed E-state index contributed by atoms with van der Waals surface area (Å²) < 4.78 is 48.3. The molecule has 23 heavy (non-hydrogen) atoms. The van der Waals surface area contributed by atoms with Crippen molar-refractivity contribution in [2.75, 3.05) is 28.6 Å². The first-order valence-electron chi connectivity index (χ1n) is 6.80. The Morgan fingerprint density at radius 1 is 1.39 bits per heavy atom. The molecule has 7 nitrogen and oxygen atoms in total. The summed E-state index contributed by atoms with van der Waals surface area (Å²) in [7, 11) is -6.78. The van der Waals surface area contributed by atoms with Gasteiger partial charge in [0.2, 0.25) is 15.9 Å². The molecule has 1 heterocycles. The molecule has 1 atom stereocenters. The second-order valence-corrected chi connectivity index (χ2v) is 10.4. The first-order valence-corrected chi connectivity index (χ1v) is 11.3. The van der Waals surface area contributed by atoms with Crippen LogP contribution in [0, 0.1) is 0 Å². The third-order valence-corrected chi connectivity index (χ3v) is 6.97. The summed E-state index contributed by atoms with van der Waals surface area (Å²) >= 11 is 3.27. The van der Waals surface area contributed by atoms with Crippen molar-refractivity contribution in [1.29, 1.82) is 0 Å². The molecule has 1 saturated heterocycles. The second-order valence-electron chi connectivity index (χ2n) is 5.39. The summed E-state index contributed by atoms with van der Waals surface area (Å²) in [6, 6.07) is 6.19. The molecule has 0 aliphatic carbocycles. The number of halogens is 1. The minimum Gasteiger partial charge on any atom is -0.351 e. The van der Waals surface area contributed by atoms with Crippen LogP contribution in [0.5, 0.6) is 0 Å². The number of carbonyl (C=O) groups excluding carboxylic acids is 1. The first kappa shape index (κ1) is 18.2. The van der Waals surface area contributed by atoms with Gasteiger partial charge in [0.1, 0.15) is 6.54 Å². The third kappa shape index (κ3) is 4.92. The lowest BCUT2D eigenvalue weighted by Crippen LogP contribution is -2.44. The van der Waals surface area contributed by atoms with Gasteiger partial charge in [-0.2, -0.15) is 0 Å². The Balaban J connectivity index is 2.13. The van der Waals surface area contributed by atoms with Crippen molar-refractivity contribution in [1.82, 2.24) is 5.32 Å². The van der Waals surface area contributed by atoms with E-state index in [1.165, 1.54) is 0 Å². The van der Waals surface area contributed by atoms with Crippen LogP contribution >= 0.6 is 15.9 Å². The van der Waals surface area contributed by atoms with E-state index in [-0.39, 0.29) is 11.5 Å². The van der Waals surface area contributed by atoms with E-state index in [1.807, 2.05) is 0 Å². The molecule has 10 heteroatoms. The van der Waals surface area contributed by atoms with E-state index >= 15 is 0 Å². The first-order chi connectivity index (χ1) is 10.6. The summed E-state index contributed by atoms with van der Waals surface area (Å²) in [4.78, 5) is 12.1.